The molecule has 0 radical (unpaired) electrons. The number of halogens is 1. The fourth-order valence-corrected chi connectivity index (χ4v) is 4.23. The molecule has 0 aliphatic carbocycles. The fraction of sp³-hybridized carbons (Fsp3) is 0.167. The third kappa shape index (κ3) is 3.31. The number of ether oxygens (including phenoxy) is 1. The van der Waals surface area contributed by atoms with E-state index in [1.54, 1.807) is 6.92 Å². The molecule has 4 rings (SSSR count). The van der Waals surface area contributed by atoms with Crippen LogP contribution in [0.3, 0.4) is 0 Å². The molecule has 0 amide bonds. The van der Waals surface area contributed by atoms with E-state index in [1.165, 1.54) is 6.34 Å². The number of aromatic nitrogens is 1. The monoisotopic (exact) mass is 419 g/mol. The highest BCUT2D eigenvalue weighted by Gasteiger charge is 2.22. The van der Waals surface area contributed by atoms with Crippen LogP contribution in [0.5, 0.6) is 0 Å². The number of nitrogens with two attached hydrogens (primary N) is 1. The third-order valence-electron chi connectivity index (χ3n) is 5.31. The summed E-state index contributed by atoms with van der Waals surface area (Å²) in [5.74, 6) is -0.355. The molecular weight excluding hydrogens is 398 g/mol. The average molecular weight is 420 g/mol. The highest BCUT2D eigenvalue weighted by molar-refractivity contribution is 6.36. The summed E-state index contributed by atoms with van der Waals surface area (Å²) in [5, 5.41) is 3.62. The number of aliphatic imine (C=N–C) groups is 1. The van der Waals surface area contributed by atoms with Crippen LogP contribution in [0.1, 0.15) is 23.0 Å². The summed E-state index contributed by atoms with van der Waals surface area (Å²) < 4.78 is 7.28. The molecule has 0 saturated heterocycles. The van der Waals surface area contributed by atoms with Crippen molar-refractivity contribution in [3.63, 3.8) is 0 Å². The molecule has 1 heterocycles. The Labute approximate surface area is 179 Å². The molecule has 1 aromatic heterocycles. The summed E-state index contributed by atoms with van der Waals surface area (Å²) in [7, 11) is 1.92. The molecule has 2 N–H and O–H groups in total. The van der Waals surface area contributed by atoms with Crippen molar-refractivity contribution < 1.29 is 9.53 Å². The van der Waals surface area contributed by atoms with Gasteiger partial charge in [-0.25, -0.2) is 4.79 Å². The number of hydrogen-bond donors (Lipinski definition) is 1. The molecule has 3 aromatic carbocycles. The highest BCUT2D eigenvalue weighted by atomic mass is 35.5. The van der Waals surface area contributed by atoms with Gasteiger partial charge in [-0.15, -0.1) is 0 Å². The summed E-state index contributed by atoms with van der Waals surface area (Å²) in [6, 6.07) is 18.1. The van der Waals surface area contributed by atoms with Crippen molar-refractivity contribution >= 4 is 45.6 Å². The zero-order valence-corrected chi connectivity index (χ0v) is 17.6. The Kier molecular flexibility index (Phi) is 5.46. The standard InChI is InChI=1S/C24H22ClN3O2/c1-3-30-24(29)23-18-11-10-16(12-20(18)28(2)21(23)13-27-14-26)17-8-4-6-15-7-5-9-19(25)22(15)17/h4-12,14H,3,13H2,1-2H3,(H2,26,27). The number of hydrogen-bond acceptors (Lipinski definition) is 3. The minimum Gasteiger partial charge on any atom is -0.462 e. The summed E-state index contributed by atoms with van der Waals surface area (Å²) in [6.07, 6.45) is 1.25. The van der Waals surface area contributed by atoms with E-state index < -0.39 is 0 Å². The van der Waals surface area contributed by atoms with Crippen molar-refractivity contribution in [2.75, 3.05) is 6.61 Å². The van der Waals surface area contributed by atoms with Crippen LogP contribution in [0.4, 0.5) is 0 Å². The van der Waals surface area contributed by atoms with Crippen molar-refractivity contribution in [2.24, 2.45) is 17.8 Å². The Hall–Kier alpha value is -3.31. The number of benzene rings is 3. The first-order valence-electron chi connectivity index (χ1n) is 9.72. The van der Waals surface area contributed by atoms with Gasteiger partial charge in [-0.1, -0.05) is 54.1 Å². The number of esters is 1. The molecule has 0 unspecified atom stereocenters. The predicted octanol–water partition coefficient (Wildman–Crippen LogP) is 5.32. The van der Waals surface area contributed by atoms with Crippen LogP contribution < -0.4 is 5.73 Å². The van der Waals surface area contributed by atoms with E-state index in [4.69, 9.17) is 22.1 Å². The molecule has 30 heavy (non-hydrogen) atoms. The van der Waals surface area contributed by atoms with Crippen LogP contribution >= 0.6 is 11.6 Å². The first-order valence-corrected chi connectivity index (χ1v) is 10.1. The Balaban J connectivity index is 1.97. The second-order valence-electron chi connectivity index (χ2n) is 6.97. The Morgan fingerprint density at radius 1 is 1.20 bits per heavy atom. The number of fused-ring (bicyclic) bond motifs is 2. The molecule has 5 nitrogen and oxygen atoms in total. The van der Waals surface area contributed by atoms with E-state index in [1.807, 2.05) is 54.1 Å². The van der Waals surface area contributed by atoms with Crippen LogP contribution in [0.15, 0.2) is 59.6 Å². The van der Waals surface area contributed by atoms with Crippen molar-refractivity contribution in [2.45, 2.75) is 13.5 Å². The zero-order chi connectivity index (χ0) is 21.3. The summed E-state index contributed by atoms with van der Waals surface area (Å²) >= 11 is 6.53. The Bertz CT molecular complexity index is 1290. The quantitative estimate of drug-likeness (QED) is 0.270. The van der Waals surface area contributed by atoms with Crippen molar-refractivity contribution in [3.05, 3.63) is 70.9 Å². The maximum atomic E-state index is 12.7. The van der Waals surface area contributed by atoms with E-state index >= 15 is 0 Å². The fourth-order valence-electron chi connectivity index (χ4n) is 3.95. The van der Waals surface area contributed by atoms with Gasteiger partial charge in [0.05, 0.1) is 30.7 Å². The van der Waals surface area contributed by atoms with Crippen molar-refractivity contribution in [1.82, 2.24) is 4.57 Å². The number of aryl methyl sites for hydroxylation is 1. The predicted molar refractivity (Wildman–Crippen MR) is 123 cm³/mol. The molecule has 0 fully saturated rings. The van der Waals surface area contributed by atoms with Gasteiger partial charge >= 0.3 is 5.97 Å². The van der Waals surface area contributed by atoms with Crippen LogP contribution in [-0.2, 0) is 18.3 Å². The molecule has 152 valence electrons. The lowest BCUT2D eigenvalue weighted by Crippen LogP contribution is -2.09. The van der Waals surface area contributed by atoms with Crippen LogP contribution in [0.2, 0.25) is 5.02 Å². The van der Waals surface area contributed by atoms with Gasteiger partial charge in [0, 0.05) is 28.4 Å². The lowest BCUT2D eigenvalue weighted by Gasteiger charge is -2.09. The molecular formula is C24H22ClN3O2. The highest BCUT2D eigenvalue weighted by Crippen LogP contribution is 2.36. The summed E-state index contributed by atoms with van der Waals surface area (Å²) in [4.78, 5) is 16.8. The first-order chi connectivity index (χ1) is 14.6. The van der Waals surface area contributed by atoms with Gasteiger partial charge in [0.2, 0.25) is 0 Å². The van der Waals surface area contributed by atoms with Gasteiger partial charge in [0.15, 0.2) is 0 Å². The van der Waals surface area contributed by atoms with Crippen molar-refractivity contribution in [1.29, 1.82) is 0 Å². The second kappa shape index (κ2) is 8.20. The zero-order valence-electron chi connectivity index (χ0n) is 16.9. The van der Waals surface area contributed by atoms with Crippen molar-refractivity contribution in [3.8, 4) is 11.1 Å². The molecule has 6 heteroatoms. The van der Waals surface area contributed by atoms with Gasteiger partial charge in [0.25, 0.3) is 0 Å². The maximum Gasteiger partial charge on any atom is 0.340 e. The largest absolute Gasteiger partial charge is 0.462 e. The third-order valence-corrected chi connectivity index (χ3v) is 5.63. The number of carbonyl (C=O) groups excluding carboxylic acids is 1. The average Bonchev–Trinajstić information content (AvgIpc) is 3.03. The van der Waals surface area contributed by atoms with Gasteiger partial charge in [-0.2, -0.15) is 0 Å². The van der Waals surface area contributed by atoms with Gasteiger partial charge in [0.1, 0.15) is 0 Å². The smallest absolute Gasteiger partial charge is 0.340 e. The summed E-state index contributed by atoms with van der Waals surface area (Å²) in [6.45, 7) is 2.40. The normalized spacial score (nSPS) is 11.6. The van der Waals surface area contributed by atoms with Crippen LogP contribution in [-0.4, -0.2) is 23.5 Å². The van der Waals surface area contributed by atoms with E-state index in [-0.39, 0.29) is 5.97 Å². The second-order valence-corrected chi connectivity index (χ2v) is 7.37. The molecule has 0 atom stereocenters. The lowest BCUT2D eigenvalue weighted by atomic mass is 9.97. The minimum absolute atomic E-state index is 0.297. The lowest BCUT2D eigenvalue weighted by molar-refractivity contribution is 0.0527. The molecule has 0 saturated carbocycles. The van der Waals surface area contributed by atoms with E-state index in [0.29, 0.717) is 23.7 Å². The number of nitrogens with zero attached hydrogens (tertiary/aromatic N) is 2. The molecule has 0 spiro atoms. The summed E-state index contributed by atoms with van der Waals surface area (Å²) in [5.41, 5.74) is 9.72. The molecule has 4 aromatic rings. The van der Waals surface area contributed by atoms with Crippen LogP contribution in [0, 0.1) is 0 Å². The van der Waals surface area contributed by atoms with E-state index in [9.17, 15) is 4.79 Å². The van der Waals surface area contributed by atoms with Gasteiger partial charge < -0.3 is 15.0 Å². The van der Waals surface area contributed by atoms with Gasteiger partial charge in [-0.3, -0.25) is 4.99 Å². The topological polar surface area (TPSA) is 69.6 Å². The van der Waals surface area contributed by atoms with Gasteiger partial charge in [-0.05, 0) is 35.6 Å². The molecule has 0 aliphatic rings. The minimum atomic E-state index is -0.355. The number of carbonyl (C=O) groups is 1. The maximum absolute atomic E-state index is 12.7. The molecule has 0 aliphatic heterocycles. The Morgan fingerprint density at radius 2 is 1.97 bits per heavy atom. The Morgan fingerprint density at radius 3 is 2.70 bits per heavy atom. The van der Waals surface area contributed by atoms with E-state index in [2.05, 4.69) is 17.1 Å². The number of rotatable bonds is 5. The first kappa shape index (κ1) is 20.0. The SMILES string of the molecule is CCOC(=O)c1c(CN=CN)n(C)c2cc(-c3cccc4cccc(Cl)c34)ccc12. The molecule has 0 bridgehead atoms. The van der Waals surface area contributed by atoms with Crippen LogP contribution in [0.25, 0.3) is 32.8 Å². The van der Waals surface area contributed by atoms with E-state index in [0.717, 1.165) is 38.5 Å².